The van der Waals surface area contributed by atoms with Gasteiger partial charge in [-0.05, 0) is 12.1 Å². The minimum atomic E-state index is -4.32. The number of benzene rings is 1. The lowest BCUT2D eigenvalue weighted by Crippen LogP contribution is -1.97. The molecule has 0 heterocycles. The van der Waals surface area contributed by atoms with Crippen LogP contribution in [0.5, 0.6) is 0 Å². The first-order chi connectivity index (χ1) is 5.00. The van der Waals surface area contributed by atoms with Crippen molar-refractivity contribution < 1.29 is 13.0 Å². The summed E-state index contributed by atoms with van der Waals surface area (Å²) in [5.41, 5.74) is 0. The summed E-state index contributed by atoms with van der Waals surface area (Å²) >= 11 is 4.70. The van der Waals surface area contributed by atoms with Gasteiger partial charge in [0.05, 0.1) is 4.90 Å². The van der Waals surface area contributed by atoms with Crippen LogP contribution in [0, 0.1) is 0 Å². The largest absolute Gasteiger partial charge is 0.780 e. The summed E-state index contributed by atoms with van der Waals surface area (Å²) < 4.78 is 31.1. The average Bonchev–Trinajstić information content (AvgIpc) is 1.86. The summed E-state index contributed by atoms with van der Waals surface area (Å²) in [6.45, 7) is 0. The first-order valence-electron chi connectivity index (χ1n) is 2.73. The van der Waals surface area contributed by atoms with Crippen molar-refractivity contribution >= 4 is 22.7 Å². The highest BCUT2D eigenvalue weighted by atomic mass is 32.2. The van der Waals surface area contributed by atoms with E-state index in [4.69, 9.17) is 12.6 Å². The molecule has 0 aliphatic heterocycles. The third-order valence-corrected chi connectivity index (χ3v) is 2.23. The van der Waals surface area contributed by atoms with Gasteiger partial charge in [0.25, 0.3) is 0 Å². The van der Waals surface area contributed by atoms with Crippen LogP contribution >= 0.6 is 0 Å². The van der Waals surface area contributed by atoms with E-state index in [2.05, 4.69) is 0 Å². The molecule has 1 aromatic rings. The topological polar surface area (TPSA) is 57.2 Å². The van der Waals surface area contributed by atoms with Crippen LogP contribution in [0.4, 0.5) is 0 Å². The van der Waals surface area contributed by atoms with Gasteiger partial charge in [-0.15, -0.1) is 0 Å². The van der Waals surface area contributed by atoms with Gasteiger partial charge in [0.1, 0.15) is 10.1 Å². The molecule has 0 aromatic heterocycles. The van der Waals surface area contributed by atoms with Crippen molar-refractivity contribution in [3.63, 3.8) is 0 Å². The summed E-state index contributed by atoms with van der Waals surface area (Å²) in [6.07, 6.45) is 0. The van der Waals surface area contributed by atoms with Crippen LogP contribution in [0.25, 0.3) is 0 Å². The maximum atomic E-state index is 10.4. The Morgan fingerprint density at radius 2 is 1.64 bits per heavy atom. The van der Waals surface area contributed by atoms with Crippen molar-refractivity contribution in [1.82, 2.24) is 0 Å². The van der Waals surface area contributed by atoms with Crippen LogP contribution in [0.2, 0.25) is 0 Å². The molecule has 0 aliphatic carbocycles. The minimum absolute atomic E-state index is 0.244. The minimum Gasteiger partial charge on any atom is -0.780 e. The molecule has 1 rings (SSSR count). The smallest absolute Gasteiger partial charge is 0.124 e. The van der Waals surface area contributed by atoms with Gasteiger partial charge in [-0.25, -0.2) is 8.42 Å². The molecule has 0 unspecified atom stereocenters. The highest BCUT2D eigenvalue weighted by Gasteiger charge is 1.96. The predicted molar refractivity (Wildman–Crippen MR) is 40.0 cm³/mol. The number of hydrogen-bond donors (Lipinski definition) is 0. The van der Waals surface area contributed by atoms with E-state index in [0.29, 0.717) is 4.90 Å². The first-order valence-corrected chi connectivity index (χ1v) is 4.55. The summed E-state index contributed by atoms with van der Waals surface area (Å²) in [5, 5.41) is 0. The molecular weight excluding hydrogens is 184 g/mol. The fourth-order valence-electron chi connectivity index (χ4n) is 0.606. The monoisotopic (exact) mass is 188 g/mol. The second-order valence-electron chi connectivity index (χ2n) is 1.93. The molecule has 11 heavy (non-hydrogen) atoms. The van der Waals surface area contributed by atoms with Crippen LogP contribution in [0.1, 0.15) is 0 Å². The normalized spacial score (nSPS) is 11.4. The van der Waals surface area contributed by atoms with Crippen molar-refractivity contribution in [2.24, 2.45) is 0 Å². The van der Waals surface area contributed by atoms with Gasteiger partial charge >= 0.3 is 0 Å². The zero-order valence-electron chi connectivity index (χ0n) is 5.35. The molecule has 0 N–H and O–H groups in total. The van der Waals surface area contributed by atoms with E-state index >= 15 is 0 Å². The molecule has 1 aromatic carbocycles. The van der Waals surface area contributed by atoms with Crippen LogP contribution in [-0.4, -0.2) is 13.0 Å². The molecule has 0 atom stereocenters. The highest BCUT2D eigenvalue weighted by Crippen LogP contribution is 2.08. The third kappa shape index (κ3) is 2.14. The van der Waals surface area contributed by atoms with Gasteiger partial charge in [0.2, 0.25) is 0 Å². The van der Waals surface area contributed by atoms with Gasteiger partial charge < -0.3 is 17.2 Å². The lowest BCUT2D eigenvalue weighted by atomic mass is 10.4. The lowest BCUT2D eigenvalue weighted by Gasteiger charge is -2.09. The Morgan fingerprint density at radius 3 is 2.00 bits per heavy atom. The Hall–Kier alpha value is -0.650. The fourth-order valence-corrected chi connectivity index (χ4v) is 1.21. The number of hydrogen-bond acceptors (Lipinski definition) is 4. The van der Waals surface area contributed by atoms with Crippen molar-refractivity contribution in [2.45, 2.75) is 9.79 Å². The van der Waals surface area contributed by atoms with Gasteiger partial charge in [0, 0.05) is 0 Å². The van der Waals surface area contributed by atoms with E-state index in [-0.39, 0.29) is 4.90 Å². The van der Waals surface area contributed by atoms with Crippen LogP contribution < -0.4 is 0 Å². The van der Waals surface area contributed by atoms with E-state index in [1.807, 2.05) is 0 Å². The second kappa shape index (κ2) is 2.77. The summed E-state index contributed by atoms with van der Waals surface area (Å²) in [6, 6.07) is 5.20. The molecule has 0 aliphatic rings. The Morgan fingerprint density at radius 1 is 1.18 bits per heavy atom. The van der Waals surface area contributed by atoms with Crippen LogP contribution in [-0.2, 0) is 22.7 Å². The molecular formula is C6H4O3S2-2. The third-order valence-electron chi connectivity index (χ3n) is 1.11. The van der Waals surface area contributed by atoms with Crippen molar-refractivity contribution in [1.29, 1.82) is 0 Å². The molecule has 0 bridgehead atoms. The van der Waals surface area contributed by atoms with E-state index in [0.717, 1.165) is 0 Å². The summed E-state index contributed by atoms with van der Waals surface area (Å²) in [5.74, 6) is 0. The SMILES string of the molecule is O=S(=O)([O-])c1ccc([S-])cc1. The van der Waals surface area contributed by atoms with Crippen molar-refractivity contribution in [3.8, 4) is 0 Å². The molecule has 0 fully saturated rings. The van der Waals surface area contributed by atoms with E-state index in [1.165, 1.54) is 24.3 Å². The maximum absolute atomic E-state index is 10.4. The summed E-state index contributed by atoms with van der Waals surface area (Å²) in [7, 11) is -4.32. The van der Waals surface area contributed by atoms with Gasteiger partial charge in [-0.2, -0.15) is 4.90 Å². The molecule has 3 nitrogen and oxygen atoms in total. The molecule has 0 spiro atoms. The first kappa shape index (κ1) is 8.45. The van der Waals surface area contributed by atoms with E-state index < -0.39 is 10.1 Å². The Kier molecular flexibility index (Phi) is 2.12. The number of rotatable bonds is 1. The summed E-state index contributed by atoms with van der Waals surface area (Å²) in [4.78, 5) is 0.267. The molecule has 0 amide bonds. The van der Waals surface area contributed by atoms with Crippen LogP contribution in [0.15, 0.2) is 34.1 Å². The Balaban J connectivity index is 3.20. The molecule has 0 saturated carbocycles. The molecule has 0 saturated heterocycles. The average molecular weight is 188 g/mol. The maximum Gasteiger partial charge on any atom is 0.124 e. The highest BCUT2D eigenvalue weighted by molar-refractivity contribution is 7.85. The zero-order valence-corrected chi connectivity index (χ0v) is 6.98. The second-order valence-corrected chi connectivity index (χ2v) is 3.78. The lowest BCUT2D eigenvalue weighted by molar-refractivity contribution is 0.463. The quantitative estimate of drug-likeness (QED) is 0.475. The van der Waals surface area contributed by atoms with Gasteiger partial charge in [-0.1, -0.05) is 12.1 Å². The van der Waals surface area contributed by atoms with E-state index in [1.54, 1.807) is 0 Å². The molecule has 5 heteroatoms. The standard InChI is InChI=1S/C6H6O3S2/c7-11(8,9)6-3-1-5(10)2-4-6/h1-4,10H,(H,7,8,9)/p-2. The molecule has 60 valence electrons. The van der Waals surface area contributed by atoms with Gasteiger partial charge in [-0.3, -0.25) is 0 Å². The van der Waals surface area contributed by atoms with Crippen molar-refractivity contribution in [2.75, 3.05) is 0 Å². The Labute approximate surface area is 70.2 Å². The van der Waals surface area contributed by atoms with Gasteiger partial charge in [0.15, 0.2) is 0 Å². The van der Waals surface area contributed by atoms with Crippen LogP contribution in [0.3, 0.4) is 0 Å². The van der Waals surface area contributed by atoms with Crippen molar-refractivity contribution in [3.05, 3.63) is 24.3 Å². The fraction of sp³-hybridized carbons (Fsp3) is 0. The predicted octanol–water partition coefficient (Wildman–Crippen LogP) is 0.497. The molecule has 0 radical (unpaired) electrons. The Bertz CT molecular complexity index is 339. The zero-order chi connectivity index (χ0) is 8.48. The van der Waals surface area contributed by atoms with E-state index in [9.17, 15) is 13.0 Å².